The summed E-state index contributed by atoms with van der Waals surface area (Å²) in [5.74, 6) is -0.0158. The smallest absolute Gasteiger partial charge is 0.227 e. The van der Waals surface area contributed by atoms with E-state index in [4.69, 9.17) is 0 Å². The Hall–Kier alpha value is -1.93. The minimum Gasteiger partial charge on any atom is -0.326 e. The third kappa shape index (κ3) is 5.17. The van der Waals surface area contributed by atoms with Gasteiger partial charge in [-0.2, -0.15) is 0 Å². The first-order valence-corrected chi connectivity index (χ1v) is 11.8. The van der Waals surface area contributed by atoms with Crippen LogP contribution in [0.25, 0.3) is 0 Å². The summed E-state index contributed by atoms with van der Waals surface area (Å²) >= 11 is 0. The number of carbonyl (C=O) groups excluding carboxylic acids is 2. The van der Waals surface area contributed by atoms with E-state index in [9.17, 15) is 18.0 Å². The largest absolute Gasteiger partial charge is 0.326 e. The summed E-state index contributed by atoms with van der Waals surface area (Å²) in [5.41, 5.74) is 1.57. The Labute approximate surface area is 173 Å². The highest BCUT2D eigenvalue weighted by Crippen LogP contribution is 2.28. The van der Waals surface area contributed by atoms with Gasteiger partial charge in [0.25, 0.3) is 0 Å². The second-order valence-electron chi connectivity index (χ2n) is 8.97. The van der Waals surface area contributed by atoms with Crippen molar-refractivity contribution in [1.82, 2.24) is 4.72 Å². The first-order valence-electron chi connectivity index (χ1n) is 10.3. The minimum absolute atomic E-state index is 0.0351. The molecular weight excluding hydrogens is 390 g/mol. The van der Waals surface area contributed by atoms with Gasteiger partial charge in [0.1, 0.15) is 0 Å². The van der Waals surface area contributed by atoms with Crippen molar-refractivity contribution in [2.45, 2.75) is 70.1 Å². The summed E-state index contributed by atoms with van der Waals surface area (Å²) in [4.78, 5) is 26.2. The highest BCUT2D eigenvalue weighted by molar-refractivity contribution is 7.90. The lowest BCUT2D eigenvalue weighted by molar-refractivity contribution is -0.121. The summed E-state index contributed by atoms with van der Waals surface area (Å²) in [6.07, 6.45) is 4.10. The van der Waals surface area contributed by atoms with Crippen molar-refractivity contribution < 1.29 is 18.0 Å². The van der Waals surface area contributed by atoms with Crippen molar-refractivity contribution in [3.8, 4) is 0 Å². The van der Waals surface area contributed by atoms with Gasteiger partial charge in [-0.1, -0.05) is 0 Å². The van der Waals surface area contributed by atoms with E-state index in [0.29, 0.717) is 37.8 Å². The van der Waals surface area contributed by atoms with E-state index in [1.54, 1.807) is 25.7 Å². The van der Waals surface area contributed by atoms with E-state index in [1.807, 2.05) is 24.3 Å². The molecule has 0 aromatic heterocycles. The molecule has 7 nitrogen and oxygen atoms in total. The Balaban J connectivity index is 1.50. The van der Waals surface area contributed by atoms with Crippen molar-refractivity contribution in [3.05, 3.63) is 24.3 Å². The number of anilines is 2. The Morgan fingerprint density at radius 3 is 2.21 bits per heavy atom. The molecule has 1 aromatic carbocycles. The van der Waals surface area contributed by atoms with E-state index in [0.717, 1.165) is 18.7 Å². The zero-order valence-electron chi connectivity index (χ0n) is 17.4. The van der Waals surface area contributed by atoms with Crippen LogP contribution in [0, 0.1) is 5.92 Å². The summed E-state index contributed by atoms with van der Waals surface area (Å²) in [6, 6.07) is 7.25. The average Bonchev–Trinajstić information content (AvgIpc) is 3.07. The maximum atomic E-state index is 12.6. The van der Waals surface area contributed by atoms with Gasteiger partial charge in [-0.25, -0.2) is 13.1 Å². The summed E-state index contributed by atoms with van der Waals surface area (Å²) < 4.78 is 26.6. The van der Waals surface area contributed by atoms with E-state index < -0.39 is 14.8 Å². The number of hydrogen-bond donors (Lipinski definition) is 2. The Morgan fingerprint density at radius 1 is 1.07 bits per heavy atom. The molecular formula is C21H31N3O4S. The number of hydrogen-bond acceptors (Lipinski definition) is 4. The van der Waals surface area contributed by atoms with E-state index in [-0.39, 0.29) is 23.8 Å². The van der Waals surface area contributed by atoms with Crippen LogP contribution < -0.4 is 14.9 Å². The van der Waals surface area contributed by atoms with Gasteiger partial charge in [0, 0.05) is 36.3 Å². The topological polar surface area (TPSA) is 95.6 Å². The molecule has 1 aliphatic heterocycles. The molecule has 3 rings (SSSR count). The van der Waals surface area contributed by atoms with Crippen molar-refractivity contribution in [3.63, 3.8) is 0 Å². The van der Waals surface area contributed by atoms with Crippen molar-refractivity contribution in [2.75, 3.05) is 16.8 Å². The van der Waals surface area contributed by atoms with Crippen LogP contribution in [0.15, 0.2) is 24.3 Å². The molecule has 0 atom stereocenters. The number of sulfonamides is 1. The van der Waals surface area contributed by atoms with Gasteiger partial charge in [-0.3, -0.25) is 9.59 Å². The van der Waals surface area contributed by atoms with Crippen LogP contribution in [0.5, 0.6) is 0 Å². The molecule has 2 fully saturated rings. The second-order valence-corrected chi connectivity index (χ2v) is 11.4. The van der Waals surface area contributed by atoms with Gasteiger partial charge in [0.2, 0.25) is 21.8 Å². The summed E-state index contributed by atoms with van der Waals surface area (Å²) in [7, 11) is -3.38. The Morgan fingerprint density at radius 2 is 1.69 bits per heavy atom. The Bertz CT molecular complexity index is 851. The van der Waals surface area contributed by atoms with Crippen LogP contribution in [0.2, 0.25) is 0 Å². The molecule has 160 valence electrons. The fourth-order valence-corrected chi connectivity index (χ4v) is 4.79. The van der Waals surface area contributed by atoms with Crippen molar-refractivity contribution in [1.29, 1.82) is 0 Å². The third-order valence-electron chi connectivity index (χ3n) is 5.75. The highest BCUT2D eigenvalue weighted by atomic mass is 32.2. The molecule has 1 saturated carbocycles. The lowest BCUT2D eigenvalue weighted by Crippen LogP contribution is -2.46. The lowest BCUT2D eigenvalue weighted by Gasteiger charge is -2.30. The molecule has 1 heterocycles. The molecule has 2 aliphatic rings. The molecule has 29 heavy (non-hydrogen) atoms. The maximum absolute atomic E-state index is 12.6. The summed E-state index contributed by atoms with van der Waals surface area (Å²) in [5, 5.41) is 2.95. The van der Waals surface area contributed by atoms with E-state index in [1.165, 1.54) is 0 Å². The number of nitrogens with one attached hydrogen (secondary N) is 2. The molecule has 1 aliphatic carbocycles. The molecule has 2 N–H and O–H groups in total. The SMILES string of the molecule is CC(C)(C)S(=O)(=O)N[C@H]1CC[C@H](C(=O)Nc2ccc(N3CCCC3=O)cc2)CC1. The molecule has 1 saturated heterocycles. The van der Waals surface area contributed by atoms with Crippen LogP contribution in [0.1, 0.15) is 59.3 Å². The Kier molecular flexibility index (Phi) is 6.33. The second kappa shape index (κ2) is 8.44. The standard InChI is InChI=1S/C21H31N3O4S/c1-21(2,3)29(27,28)23-17-8-6-15(7-9-17)20(26)22-16-10-12-18(13-11-16)24-14-4-5-19(24)25/h10-13,15,17,23H,4-9,14H2,1-3H3,(H,22,26)/t15-,17-. The number of carbonyl (C=O) groups is 2. The van der Waals surface area contributed by atoms with E-state index in [2.05, 4.69) is 10.0 Å². The van der Waals surface area contributed by atoms with Crippen LogP contribution in [-0.2, 0) is 19.6 Å². The minimum atomic E-state index is -3.38. The number of nitrogens with zero attached hydrogens (tertiary/aromatic N) is 1. The van der Waals surface area contributed by atoms with Gasteiger partial charge >= 0.3 is 0 Å². The van der Waals surface area contributed by atoms with Crippen LogP contribution in [-0.4, -0.2) is 37.6 Å². The number of rotatable bonds is 5. The van der Waals surface area contributed by atoms with Crippen LogP contribution in [0.4, 0.5) is 11.4 Å². The van der Waals surface area contributed by atoms with Gasteiger partial charge in [-0.05, 0) is 77.1 Å². The van der Waals surface area contributed by atoms with E-state index >= 15 is 0 Å². The van der Waals surface area contributed by atoms with Gasteiger partial charge < -0.3 is 10.2 Å². The fraction of sp³-hybridized carbons (Fsp3) is 0.619. The lowest BCUT2D eigenvalue weighted by atomic mass is 9.86. The van der Waals surface area contributed by atoms with Crippen LogP contribution in [0.3, 0.4) is 0 Å². The van der Waals surface area contributed by atoms with Crippen LogP contribution >= 0.6 is 0 Å². The summed E-state index contributed by atoms with van der Waals surface area (Å²) in [6.45, 7) is 5.78. The average molecular weight is 422 g/mol. The quantitative estimate of drug-likeness (QED) is 0.764. The molecule has 0 bridgehead atoms. The highest BCUT2D eigenvalue weighted by Gasteiger charge is 2.34. The molecule has 2 amide bonds. The zero-order chi connectivity index (χ0) is 21.2. The van der Waals surface area contributed by atoms with Crippen molar-refractivity contribution >= 4 is 33.2 Å². The van der Waals surface area contributed by atoms with Gasteiger partial charge in [0.15, 0.2) is 0 Å². The van der Waals surface area contributed by atoms with Gasteiger partial charge in [0.05, 0.1) is 4.75 Å². The number of benzene rings is 1. The maximum Gasteiger partial charge on any atom is 0.227 e. The fourth-order valence-electron chi connectivity index (χ4n) is 3.76. The van der Waals surface area contributed by atoms with Gasteiger partial charge in [-0.15, -0.1) is 0 Å². The molecule has 1 aromatic rings. The normalized spacial score (nSPS) is 23.3. The number of amides is 2. The monoisotopic (exact) mass is 421 g/mol. The zero-order valence-corrected chi connectivity index (χ0v) is 18.2. The van der Waals surface area contributed by atoms with Crippen molar-refractivity contribution in [2.24, 2.45) is 5.92 Å². The molecule has 0 spiro atoms. The molecule has 0 unspecified atom stereocenters. The molecule has 8 heteroatoms. The predicted molar refractivity (Wildman–Crippen MR) is 114 cm³/mol. The third-order valence-corrected chi connectivity index (χ3v) is 8.00. The first-order chi connectivity index (χ1) is 13.6. The first kappa shape index (κ1) is 21.8. The molecule has 0 radical (unpaired) electrons. The predicted octanol–water partition coefficient (Wildman–Crippen LogP) is 3.03.